The summed E-state index contributed by atoms with van der Waals surface area (Å²) in [6.45, 7) is 0. The highest BCUT2D eigenvalue weighted by Gasteiger charge is 2.29. The molecular weight excluding hydrogens is 108 g/mol. The Balaban J connectivity index is 2.19. The van der Waals surface area contributed by atoms with E-state index in [2.05, 4.69) is 24.3 Å². The van der Waals surface area contributed by atoms with E-state index in [1.165, 1.54) is 18.4 Å². The Kier molecular flexibility index (Phi) is 1.00. The first-order valence-electron chi connectivity index (χ1n) is 3.43. The Hall–Kier alpha value is -0.870. The van der Waals surface area contributed by atoms with Crippen LogP contribution in [0.15, 0.2) is 29.9 Å². The van der Waals surface area contributed by atoms with Crippen LogP contribution < -0.4 is 0 Å². The molecule has 2 aliphatic rings. The van der Waals surface area contributed by atoms with Crippen LogP contribution in [0.5, 0.6) is 0 Å². The van der Waals surface area contributed by atoms with E-state index in [4.69, 9.17) is 0 Å². The van der Waals surface area contributed by atoms with Crippen molar-refractivity contribution in [3.8, 4) is 0 Å². The lowest BCUT2D eigenvalue weighted by Gasteiger charge is -1.87. The standard InChI is InChI=1S/C9H9/c1-2-4-8(5-3-1)9-6-7-9/h1-2,4-5,9H,6-7H2/q+1. The van der Waals surface area contributed by atoms with Crippen molar-refractivity contribution < 1.29 is 0 Å². The lowest BCUT2D eigenvalue weighted by molar-refractivity contribution is 1.05. The molecule has 0 radical (unpaired) electrons. The molecule has 9 heavy (non-hydrogen) atoms. The molecule has 0 bridgehead atoms. The molecule has 2 rings (SSSR count). The Morgan fingerprint density at radius 2 is 2.33 bits per heavy atom. The summed E-state index contributed by atoms with van der Waals surface area (Å²) in [7, 11) is 0. The fourth-order valence-electron chi connectivity index (χ4n) is 1.08. The van der Waals surface area contributed by atoms with E-state index in [1.807, 2.05) is 6.08 Å². The quantitative estimate of drug-likeness (QED) is 0.462. The fraction of sp³-hybridized carbons (Fsp3) is 0.333. The minimum atomic E-state index is 0.877. The van der Waals surface area contributed by atoms with Crippen LogP contribution in [0, 0.1) is 12.0 Å². The van der Waals surface area contributed by atoms with Crippen LogP contribution >= 0.6 is 0 Å². The first-order chi connectivity index (χ1) is 4.47. The van der Waals surface area contributed by atoms with E-state index >= 15 is 0 Å². The van der Waals surface area contributed by atoms with Crippen molar-refractivity contribution in [2.45, 2.75) is 12.8 Å². The average molecular weight is 117 g/mol. The second-order valence-corrected chi connectivity index (χ2v) is 2.61. The van der Waals surface area contributed by atoms with Crippen LogP contribution in [0.2, 0.25) is 0 Å². The third kappa shape index (κ3) is 0.940. The van der Waals surface area contributed by atoms with Gasteiger partial charge in [0, 0.05) is 18.1 Å². The van der Waals surface area contributed by atoms with Gasteiger partial charge in [-0.1, -0.05) is 0 Å². The van der Waals surface area contributed by atoms with Gasteiger partial charge in [-0.05, 0) is 12.8 Å². The molecule has 0 heteroatoms. The molecule has 0 aliphatic heterocycles. The molecule has 0 unspecified atom stereocenters. The first-order valence-corrected chi connectivity index (χ1v) is 3.43. The maximum atomic E-state index is 3.08. The maximum Gasteiger partial charge on any atom is 0.106 e. The van der Waals surface area contributed by atoms with Gasteiger partial charge in [-0.15, -0.1) is 0 Å². The molecule has 0 nitrogen and oxygen atoms in total. The van der Waals surface area contributed by atoms with Crippen molar-refractivity contribution in [2.24, 2.45) is 5.92 Å². The third-order valence-electron chi connectivity index (χ3n) is 1.78. The summed E-state index contributed by atoms with van der Waals surface area (Å²) in [5, 5.41) is 0. The maximum absolute atomic E-state index is 3.08. The van der Waals surface area contributed by atoms with Gasteiger partial charge in [-0.25, -0.2) is 0 Å². The van der Waals surface area contributed by atoms with E-state index in [0.29, 0.717) is 0 Å². The SMILES string of the molecule is [C+]1=CC(C2CC2)=CC=C1. The second kappa shape index (κ2) is 1.82. The van der Waals surface area contributed by atoms with Crippen molar-refractivity contribution in [3.05, 3.63) is 36.0 Å². The largest absolute Gasteiger partial charge is 0.106 e. The predicted octanol–water partition coefficient (Wildman–Crippen LogP) is 2.25. The molecular formula is C9H9+. The van der Waals surface area contributed by atoms with Crippen molar-refractivity contribution in [2.75, 3.05) is 0 Å². The molecule has 1 fully saturated rings. The van der Waals surface area contributed by atoms with E-state index in [0.717, 1.165) is 5.92 Å². The van der Waals surface area contributed by atoms with E-state index in [1.54, 1.807) is 0 Å². The van der Waals surface area contributed by atoms with Gasteiger partial charge in [0.15, 0.2) is 0 Å². The molecule has 0 atom stereocenters. The van der Waals surface area contributed by atoms with Crippen LogP contribution in [0.1, 0.15) is 12.8 Å². The number of hydrogen-bond donors (Lipinski definition) is 0. The van der Waals surface area contributed by atoms with E-state index < -0.39 is 0 Å². The zero-order chi connectivity index (χ0) is 6.10. The van der Waals surface area contributed by atoms with Gasteiger partial charge >= 0.3 is 0 Å². The Morgan fingerprint density at radius 1 is 1.44 bits per heavy atom. The highest BCUT2D eigenvalue weighted by molar-refractivity contribution is 5.33. The Morgan fingerprint density at radius 3 is 2.89 bits per heavy atom. The second-order valence-electron chi connectivity index (χ2n) is 2.61. The zero-order valence-electron chi connectivity index (χ0n) is 5.30. The third-order valence-corrected chi connectivity index (χ3v) is 1.78. The normalized spacial score (nSPS) is 23.3. The van der Waals surface area contributed by atoms with Crippen molar-refractivity contribution in [1.29, 1.82) is 0 Å². The van der Waals surface area contributed by atoms with Gasteiger partial charge in [-0.2, -0.15) is 0 Å². The number of hydrogen-bond acceptors (Lipinski definition) is 0. The Labute approximate surface area is 55.6 Å². The summed E-state index contributed by atoms with van der Waals surface area (Å²) in [6.07, 6.45) is 14.2. The lowest BCUT2D eigenvalue weighted by Crippen LogP contribution is -1.81. The number of rotatable bonds is 1. The molecule has 0 N–H and O–H groups in total. The summed E-state index contributed by atoms with van der Waals surface area (Å²) >= 11 is 0. The lowest BCUT2D eigenvalue weighted by atomic mass is 10.1. The van der Waals surface area contributed by atoms with Crippen LogP contribution in [-0.4, -0.2) is 0 Å². The van der Waals surface area contributed by atoms with Crippen molar-refractivity contribution >= 4 is 0 Å². The summed E-state index contributed by atoms with van der Waals surface area (Å²) in [6, 6.07) is 0. The van der Waals surface area contributed by atoms with Crippen molar-refractivity contribution in [1.82, 2.24) is 0 Å². The highest BCUT2D eigenvalue weighted by Crippen LogP contribution is 2.37. The van der Waals surface area contributed by atoms with Crippen LogP contribution in [0.4, 0.5) is 0 Å². The van der Waals surface area contributed by atoms with E-state index in [9.17, 15) is 0 Å². The molecule has 0 amide bonds. The average Bonchev–Trinajstić information content (AvgIpc) is 2.71. The molecule has 0 saturated heterocycles. The van der Waals surface area contributed by atoms with Crippen molar-refractivity contribution in [3.63, 3.8) is 0 Å². The van der Waals surface area contributed by atoms with Gasteiger partial charge < -0.3 is 0 Å². The molecule has 0 heterocycles. The summed E-state index contributed by atoms with van der Waals surface area (Å²) < 4.78 is 0. The smallest absolute Gasteiger partial charge is 0.0329 e. The van der Waals surface area contributed by atoms with Crippen LogP contribution in [-0.2, 0) is 0 Å². The fourth-order valence-corrected chi connectivity index (χ4v) is 1.08. The highest BCUT2D eigenvalue weighted by atomic mass is 14.3. The molecule has 0 aromatic rings. The molecule has 0 aromatic carbocycles. The molecule has 44 valence electrons. The van der Waals surface area contributed by atoms with Gasteiger partial charge in [0.25, 0.3) is 0 Å². The van der Waals surface area contributed by atoms with Gasteiger partial charge in [-0.3, -0.25) is 0 Å². The minimum absolute atomic E-state index is 0.877. The molecule has 0 aromatic heterocycles. The molecule has 2 aliphatic carbocycles. The van der Waals surface area contributed by atoms with E-state index in [-0.39, 0.29) is 0 Å². The van der Waals surface area contributed by atoms with Gasteiger partial charge in [0.05, 0.1) is 11.6 Å². The molecule has 1 saturated carbocycles. The summed E-state index contributed by atoms with van der Waals surface area (Å²) in [5.74, 6) is 0.877. The topological polar surface area (TPSA) is 0 Å². The Bertz CT molecular complexity index is 190. The monoisotopic (exact) mass is 117 g/mol. The predicted molar refractivity (Wildman–Crippen MR) is 37.8 cm³/mol. The molecule has 0 spiro atoms. The summed E-state index contributed by atoms with van der Waals surface area (Å²) in [4.78, 5) is 0. The minimum Gasteiger partial charge on any atom is -0.0329 e. The van der Waals surface area contributed by atoms with Crippen LogP contribution in [0.25, 0.3) is 0 Å². The van der Waals surface area contributed by atoms with Gasteiger partial charge in [0.1, 0.15) is 12.2 Å². The summed E-state index contributed by atoms with van der Waals surface area (Å²) in [5.41, 5.74) is 1.47. The van der Waals surface area contributed by atoms with Crippen LogP contribution in [0.3, 0.4) is 0 Å². The number of allylic oxidation sites excluding steroid dienone is 6. The van der Waals surface area contributed by atoms with Gasteiger partial charge in [0.2, 0.25) is 0 Å². The first kappa shape index (κ1) is 4.96. The zero-order valence-corrected chi connectivity index (χ0v) is 5.30.